The topological polar surface area (TPSA) is 70.1 Å². The highest BCUT2D eigenvalue weighted by Gasteiger charge is 2.27. The fourth-order valence-corrected chi connectivity index (χ4v) is 2.11. The lowest BCUT2D eigenvalue weighted by atomic mass is 10.1. The fraction of sp³-hybridized carbons (Fsp3) is 0.429. The van der Waals surface area contributed by atoms with Crippen LogP contribution in [0.25, 0.3) is 0 Å². The molecule has 6 nitrogen and oxygen atoms in total. The number of rotatable bonds is 1. The second-order valence-corrected chi connectivity index (χ2v) is 5.09. The van der Waals surface area contributed by atoms with Crippen LogP contribution in [0.1, 0.15) is 22.8 Å². The van der Waals surface area contributed by atoms with Gasteiger partial charge in [-0.2, -0.15) is 0 Å². The zero-order valence-electron chi connectivity index (χ0n) is 11.8. The molecule has 0 aromatic heterocycles. The van der Waals surface area contributed by atoms with E-state index in [0.717, 1.165) is 5.56 Å². The Hall–Kier alpha value is -2.24. The van der Waals surface area contributed by atoms with Gasteiger partial charge in [0.1, 0.15) is 12.4 Å². The molecule has 1 aromatic rings. The molecule has 2 amide bonds. The monoisotopic (exact) mass is 278 g/mol. The van der Waals surface area contributed by atoms with E-state index in [0.29, 0.717) is 18.9 Å². The summed E-state index contributed by atoms with van der Waals surface area (Å²) in [5.74, 6) is -0.458. The molecule has 108 valence electrons. The molecule has 1 N–H and O–H groups in total. The van der Waals surface area contributed by atoms with Crippen LogP contribution in [-0.2, 0) is 6.54 Å². The number of urea groups is 1. The summed E-state index contributed by atoms with van der Waals surface area (Å²) >= 11 is 0. The second kappa shape index (κ2) is 5.40. The van der Waals surface area contributed by atoms with Gasteiger partial charge in [-0.3, -0.25) is 0 Å². The first-order chi connectivity index (χ1) is 9.40. The molecule has 1 heterocycles. The summed E-state index contributed by atoms with van der Waals surface area (Å²) in [6, 6.07) is 4.57. The summed E-state index contributed by atoms with van der Waals surface area (Å²) in [4.78, 5) is 26.4. The van der Waals surface area contributed by atoms with Gasteiger partial charge in [0.15, 0.2) is 0 Å². The minimum atomic E-state index is -0.991. The summed E-state index contributed by atoms with van der Waals surface area (Å²) in [6.07, 6.45) is 0. The highest BCUT2D eigenvalue weighted by Crippen LogP contribution is 2.27. The van der Waals surface area contributed by atoms with E-state index in [1.807, 2.05) is 6.92 Å². The molecule has 1 aromatic carbocycles. The number of carbonyl (C=O) groups is 2. The fourth-order valence-electron chi connectivity index (χ4n) is 2.11. The van der Waals surface area contributed by atoms with Crippen molar-refractivity contribution in [2.45, 2.75) is 19.5 Å². The van der Waals surface area contributed by atoms with Crippen LogP contribution in [0.5, 0.6) is 5.75 Å². The maximum absolute atomic E-state index is 12.1. The van der Waals surface area contributed by atoms with Crippen LogP contribution in [0, 0.1) is 0 Å². The van der Waals surface area contributed by atoms with E-state index in [2.05, 4.69) is 0 Å². The molecule has 0 fully saturated rings. The number of carboxylic acid groups (broad SMARTS) is 1. The standard InChI is InChI=1S/C14H18N2O4/c1-9-8-20-12-6-10(13(17)18)4-5-11(12)7-16(9)14(19)15(2)3/h4-6,9H,7-8H2,1-3H3,(H,17,18). The molecular weight excluding hydrogens is 260 g/mol. The van der Waals surface area contributed by atoms with Crippen molar-refractivity contribution >= 4 is 12.0 Å². The molecule has 0 saturated carbocycles. The highest BCUT2D eigenvalue weighted by molar-refractivity contribution is 5.88. The molecular formula is C14H18N2O4. The predicted octanol–water partition coefficient (Wildman–Crippen LogP) is 1.65. The molecule has 0 saturated heterocycles. The molecule has 1 atom stereocenters. The zero-order chi connectivity index (χ0) is 14.9. The Kier molecular flexibility index (Phi) is 3.83. The molecule has 0 spiro atoms. The quantitative estimate of drug-likeness (QED) is 0.848. The second-order valence-electron chi connectivity index (χ2n) is 5.09. The van der Waals surface area contributed by atoms with Gasteiger partial charge >= 0.3 is 12.0 Å². The normalized spacial score (nSPS) is 17.8. The first-order valence-electron chi connectivity index (χ1n) is 6.37. The number of carboxylic acids is 1. The molecule has 0 radical (unpaired) electrons. The Labute approximate surface area is 117 Å². The SMILES string of the molecule is CC1COc2cc(C(=O)O)ccc2CN1C(=O)N(C)C. The van der Waals surface area contributed by atoms with Crippen molar-refractivity contribution in [3.8, 4) is 5.75 Å². The van der Waals surface area contributed by atoms with E-state index in [9.17, 15) is 9.59 Å². The molecule has 1 aliphatic rings. The number of ether oxygens (including phenoxy) is 1. The van der Waals surface area contributed by atoms with Crippen molar-refractivity contribution in [3.63, 3.8) is 0 Å². The van der Waals surface area contributed by atoms with E-state index in [1.165, 1.54) is 17.0 Å². The van der Waals surface area contributed by atoms with E-state index in [1.54, 1.807) is 25.1 Å². The third kappa shape index (κ3) is 2.68. The Bertz CT molecular complexity index is 542. The summed E-state index contributed by atoms with van der Waals surface area (Å²) in [5.41, 5.74) is 0.998. The number of hydrogen-bond donors (Lipinski definition) is 1. The molecule has 0 bridgehead atoms. The van der Waals surface area contributed by atoms with Crippen LogP contribution >= 0.6 is 0 Å². The number of benzene rings is 1. The molecule has 6 heteroatoms. The van der Waals surface area contributed by atoms with Crippen LogP contribution in [0.4, 0.5) is 4.79 Å². The molecule has 1 unspecified atom stereocenters. The van der Waals surface area contributed by atoms with Crippen LogP contribution < -0.4 is 4.74 Å². The summed E-state index contributed by atoms with van der Waals surface area (Å²) in [6.45, 7) is 2.66. The number of amides is 2. The lowest BCUT2D eigenvalue weighted by molar-refractivity contribution is 0.0696. The number of hydrogen-bond acceptors (Lipinski definition) is 3. The first-order valence-corrected chi connectivity index (χ1v) is 6.37. The van der Waals surface area contributed by atoms with Gasteiger partial charge in [-0.1, -0.05) is 6.07 Å². The maximum Gasteiger partial charge on any atom is 0.335 e. The van der Waals surface area contributed by atoms with Gasteiger partial charge in [0.2, 0.25) is 0 Å². The van der Waals surface area contributed by atoms with Crippen LogP contribution in [0.2, 0.25) is 0 Å². The van der Waals surface area contributed by atoms with Gasteiger partial charge in [0.25, 0.3) is 0 Å². The van der Waals surface area contributed by atoms with Gasteiger partial charge in [0, 0.05) is 19.7 Å². The summed E-state index contributed by atoms with van der Waals surface area (Å²) in [5, 5.41) is 8.99. The minimum Gasteiger partial charge on any atom is -0.491 e. The van der Waals surface area contributed by atoms with Crippen molar-refractivity contribution in [2.24, 2.45) is 0 Å². The smallest absolute Gasteiger partial charge is 0.335 e. The average Bonchev–Trinajstić information content (AvgIpc) is 2.57. The van der Waals surface area contributed by atoms with Crippen LogP contribution in [-0.4, -0.2) is 53.7 Å². The van der Waals surface area contributed by atoms with Crippen molar-refractivity contribution in [1.82, 2.24) is 9.80 Å². The predicted molar refractivity (Wildman–Crippen MR) is 73.0 cm³/mol. The van der Waals surface area contributed by atoms with Gasteiger partial charge in [-0.25, -0.2) is 9.59 Å². The minimum absolute atomic E-state index is 0.0782. The van der Waals surface area contributed by atoms with Gasteiger partial charge in [-0.05, 0) is 19.1 Å². The number of nitrogens with zero attached hydrogens (tertiary/aromatic N) is 2. The van der Waals surface area contributed by atoms with Crippen molar-refractivity contribution in [3.05, 3.63) is 29.3 Å². The Morgan fingerprint density at radius 1 is 1.40 bits per heavy atom. The van der Waals surface area contributed by atoms with Gasteiger partial charge in [-0.15, -0.1) is 0 Å². The van der Waals surface area contributed by atoms with Crippen LogP contribution in [0.3, 0.4) is 0 Å². The number of aromatic carboxylic acids is 1. The third-order valence-corrected chi connectivity index (χ3v) is 3.30. The summed E-state index contributed by atoms with van der Waals surface area (Å²) < 4.78 is 5.64. The molecule has 20 heavy (non-hydrogen) atoms. The van der Waals surface area contributed by atoms with E-state index in [-0.39, 0.29) is 17.6 Å². The number of fused-ring (bicyclic) bond motifs is 1. The van der Waals surface area contributed by atoms with Crippen molar-refractivity contribution < 1.29 is 19.4 Å². The zero-order valence-corrected chi connectivity index (χ0v) is 11.8. The lowest BCUT2D eigenvalue weighted by Crippen LogP contribution is -2.45. The van der Waals surface area contributed by atoms with Crippen LogP contribution in [0.15, 0.2) is 18.2 Å². The van der Waals surface area contributed by atoms with E-state index >= 15 is 0 Å². The Morgan fingerprint density at radius 2 is 2.10 bits per heavy atom. The van der Waals surface area contributed by atoms with Crippen molar-refractivity contribution in [2.75, 3.05) is 20.7 Å². The summed E-state index contributed by atoms with van der Waals surface area (Å²) in [7, 11) is 3.41. The van der Waals surface area contributed by atoms with Crippen molar-refractivity contribution in [1.29, 1.82) is 0 Å². The maximum atomic E-state index is 12.1. The highest BCUT2D eigenvalue weighted by atomic mass is 16.5. The van der Waals surface area contributed by atoms with Gasteiger partial charge in [0.05, 0.1) is 18.2 Å². The third-order valence-electron chi connectivity index (χ3n) is 3.30. The Morgan fingerprint density at radius 3 is 2.70 bits per heavy atom. The largest absolute Gasteiger partial charge is 0.491 e. The average molecular weight is 278 g/mol. The van der Waals surface area contributed by atoms with E-state index in [4.69, 9.17) is 9.84 Å². The van der Waals surface area contributed by atoms with E-state index < -0.39 is 5.97 Å². The Balaban J connectivity index is 2.32. The molecule has 0 aliphatic carbocycles. The lowest BCUT2D eigenvalue weighted by Gasteiger charge is -2.29. The molecule has 2 rings (SSSR count). The number of carbonyl (C=O) groups excluding carboxylic acids is 1. The van der Waals surface area contributed by atoms with Gasteiger partial charge < -0.3 is 19.6 Å². The first kappa shape index (κ1) is 14.2. The molecule has 1 aliphatic heterocycles.